The van der Waals surface area contributed by atoms with Gasteiger partial charge >= 0.3 is 0 Å². The first-order valence-electron chi connectivity index (χ1n) is 16.9. The van der Waals surface area contributed by atoms with Gasteiger partial charge < -0.3 is 0 Å². The van der Waals surface area contributed by atoms with Gasteiger partial charge in [0.15, 0.2) is 0 Å². The van der Waals surface area contributed by atoms with Gasteiger partial charge in [-0.2, -0.15) is 0 Å². The molecule has 0 fully saturated rings. The van der Waals surface area contributed by atoms with Crippen molar-refractivity contribution in [2.75, 3.05) is 0 Å². The van der Waals surface area contributed by atoms with Gasteiger partial charge in [-0.1, -0.05) is 123 Å². The van der Waals surface area contributed by atoms with Gasteiger partial charge in [0.25, 0.3) is 0 Å². The Morgan fingerprint density at radius 1 is 0.822 bits per heavy atom. The first kappa shape index (κ1) is 31.3. The molecular weight excluding hydrogens is 540 g/mol. The topological polar surface area (TPSA) is 0 Å². The van der Waals surface area contributed by atoms with Crippen LogP contribution in [0.2, 0.25) is 0 Å². The van der Waals surface area contributed by atoms with Crippen molar-refractivity contribution in [2.45, 2.75) is 93.9 Å². The molecule has 0 heterocycles. The van der Waals surface area contributed by atoms with Crippen LogP contribution in [0, 0.1) is 30.1 Å². The van der Waals surface area contributed by atoms with Crippen LogP contribution in [-0.2, 0) is 19.3 Å². The molecule has 0 aromatic heterocycles. The molecule has 0 heteroatoms. The minimum Gasteiger partial charge on any atom is -0.0955 e. The summed E-state index contributed by atoms with van der Waals surface area (Å²) in [5.41, 5.74) is 20.3. The second-order valence-electron chi connectivity index (χ2n) is 15.5. The van der Waals surface area contributed by atoms with Gasteiger partial charge in [0.2, 0.25) is 0 Å². The number of benzene rings is 3. The molecule has 0 N–H and O–H groups in total. The lowest BCUT2D eigenvalue weighted by Gasteiger charge is -2.62. The molecule has 0 nitrogen and oxygen atoms in total. The van der Waals surface area contributed by atoms with Crippen molar-refractivity contribution in [1.82, 2.24) is 0 Å². The Hall–Kier alpha value is -3.64. The Balaban J connectivity index is 1.36. The molecule has 232 valence electrons. The number of hydrogen-bond acceptors (Lipinski definition) is 0. The van der Waals surface area contributed by atoms with E-state index >= 15 is 0 Å². The van der Waals surface area contributed by atoms with Crippen LogP contribution in [0.1, 0.15) is 94.2 Å². The van der Waals surface area contributed by atoms with Crippen LogP contribution in [0.3, 0.4) is 0 Å². The maximum absolute atomic E-state index is 4.88. The quantitative estimate of drug-likeness (QED) is 0.267. The van der Waals surface area contributed by atoms with E-state index in [0.717, 1.165) is 37.7 Å². The van der Waals surface area contributed by atoms with Crippen LogP contribution in [0.15, 0.2) is 114 Å². The molecule has 0 spiro atoms. The largest absolute Gasteiger partial charge is 0.0955 e. The third-order valence-electron chi connectivity index (χ3n) is 12.1. The molecule has 0 bridgehead atoms. The van der Waals surface area contributed by atoms with E-state index in [2.05, 4.69) is 123 Å². The molecule has 6 rings (SSSR count). The van der Waals surface area contributed by atoms with E-state index in [1.54, 1.807) is 0 Å². The number of allylic oxidation sites excluding steroid dienone is 7. The fourth-order valence-electron chi connectivity index (χ4n) is 10.0. The van der Waals surface area contributed by atoms with Gasteiger partial charge in [-0.3, -0.25) is 0 Å². The molecule has 3 atom stereocenters. The number of rotatable bonds is 6. The molecular formula is C45H52. The third kappa shape index (κ3) is 4.88. The maximum Gasteiger partial charge on any atom is 0.0194 e. The fraction of sp³-hybridized carbons (Fsp3) is 0.378. The molecule has 3 aromatic carbocycles. The Kier molecular flexibility index (Phi) is 7.67. The van der Waals surface area contributed by atoms with Crippen LogP contribution in [0.5, 0.6) is 0 Å². The molecule has 3 aliphatic rings. The maximum atomic E-state index is 4.88. The highest BCUT2D eigenvalue weighted by atomic mass is 14.6. The summed E-state index contributed by atoms with van der Waals surface area (Å²) in [5, 5.41) is 0. The van der Waals surface area contributed by atoms with Crippen LogP contribution >= 0.6 is 0 Å². The normalized spacial score (nSPS) is 26.0. The van der Waals surface area contributed by atoms with Crippen LogP contribution in [0.4, 0.5) is 0 Å². The minimum atomic E-state index is -0.128. The van der Waals surface area contributed by atoms with E-state index in [1.807, 2.05) is 0 Å². The molecule has 0 saturated heterocycles. The van der Waals surface area contributed by atoms with Crippen LogP contribution in [0.25, 0.3) is 16.7 Å². The molecule has 0 saturated carbocycles. The SMILES string of the molecule is C=C(C)C1=C(C)C[C@@]2(C)C[C@@]3(C)Cc4c(-c5ccc(CCCc6cccc(C)c6)cc5)ccc(C)c4C(=C)C3=C(C)[C@@]2(C)C1=C. The average molecular weight is 593 g/mol. The zero-order chi connectivity index (χ0) is 32.5. The highest BCUT2D eigenvalue weighted by Gasteiger charge is 2.59. The Morgan fingerprint density at radius 3 is 2.18 bits per heavy atom. The summed E-state index contributed by atoms with van der Waals surface area (Å²) >= 11 is 0. The summed E-state index contributed by atoms with van der Waals surface area (Å²) in [6.07, 6.45) is 6.64. The zero-order valence-electron chi connectivity index (χ0n) is 29.1. The van der Waals surface area contributed by atoms with Crippen molar-refractivity contribution in [3.05, 3.63) is 147 Å². The molecule has 0 amide bonds. The van der Waals surface area contributed by atoms with Crippen molar-refractivity contribution in [2.24, 2.45) is 16.2 Å². The average Bonchev–Trinajstić information content (AvgIpc) is 2.95. The van der Waals surface area contributed by atoms with E-state index in [9.17, 15) is 0 Å². The molecule has 3 aliphatic carbocycles. The van der Waals surface area contributed by atoms with E-state index in [-0.39, 0.29) is 16.2 Å². The van der Waals surface area contributed by atoms with Gasteiger partial charge in [0.05, 0.1) is 0 Å². The standard InChI is InChI=1S/C45H52/c1-28(2)40-31(5)25-44(10)27-43(9)26-39-38(23-18-30(4)41(39)32(6)42(43)34(8)45(44,11)33(40)7)37-21-19-35(20-22-37)15-13-17-36-16-12-14-29(3)24-36/h12,14,16,18-24H,1,6-7,13,15,17,25-27H2,2-5,8-11H3/t43-,44+,45-/m1/s1. The van der Waals surface area contributed by atoms with Crippen molar-refractivity contribution >= 4 is 5.57 Å². The van der Waals surface area contributed by atoms with Gasteiger partial charge in [-0.25, -0.2) is 0 Å². The summed E-state index contributed by atoms with van der Waals surface area (Å²) in [4.78, 5) is 0. The molecule has 0 aliphatic heterocycles. The second-order valence-corrected chi connectivity index (χ2v) is 15.5. The Morgan fingerprint density at radius 2 is 1.51 bits per heavy atom. The number of hydrogen-bond donors (Lipinski definition) is 0. The van der Waals surface area contributed by atoms with Gasteiger partial charge in [-0.15, -0.1) is 0 Å². The monoisotopic (exact) mass is 592 g/mol. The van der Waals surface area contributed by atoms with Crippen LogP contribution < -0.4 is 0 Å². The number of aryl methyl sites for hydroxylation is 4. The first-order valence-corrected chi connectivity index (χ1v) is 16.9. The predicted octanol–water partition coefficient (Wildman–Crippen LogP) is 12.3. The fourth-order valence-corrected chi connectivity index (χ4v) is 10.0. The second kappa shape index (κ2) is 11.0. The predicted molar refractivity (Wildman–Crippen MR) is 195 cm³/mol. The summed E-state index contributed by atoms with van der Waals surface area (Å²) in [5.74, 6) is 0. The lowest BCUT2D eigenvalue weighted by Crippen LogP contribution is -2.52. The van der Waals surface area contributed by atoms with E-state index in [4.69, 9.17) is 13.2 Å². The summed E-state index contributed by atoms with van der Waals surface area (Å²) in [6, 6.07) is 23.0. The highest BCUT2D eigenvalue weighted by molar-refractivity contribution is 5.90. The van der Waals surface area contributed by atoms with Gasteiger partial charge in [0, 0.05) is 5.41 Å². The van der Waals surface area contributed by atoms with E-state index in [1.165, 1.54) is 84.4 Å². The lowest BCUT2D eigenvalue weighted by molar-refractivity contribution is 0.0544. The summed E-state index contributed by atoms with van der Waals surface area (Å²) in [6.45, 7) is 32.8. The lowest BCUT2D eigenvalue weighted by atomic mass is 9.41. The van der Waals surface area contributed by atoms with Crippen molar-refractivity contribution in [3.63, 3.8) is 0 Å². The van der Waals surface area contributed by atoms with Crippen LogP contribution in [-0.4, -0.2) is 0 Å². The number of fused-ring (bicyclic) bond motifs is 3. The Labute approximate surface area is 273 Å². The highest BCUT2D eigenvalue weighted by Crippen LogP contribution is 2.70. The Bertz CT molecular complexity index is 1820. The van der Waals surface area contributed by atoms with Gasteiger partial charge in [-0.05, 0) is 145 Å². The molecule has 45 heavy (non-hydrogen) atoms. The summed E-state index contributed by atoms with van der Waals surface area (Å²) in [7, 11) is 0. The zero-order valence-corrected chi connectivity index (χ0v) is 29.1. The van der Waals surface area contributed by atoms with Crippen molar-refractivity contribution < 1.29 is 0 Å². The van der Waals surface area contributed by atoms with Crippen molar-refractivity contribution in [1.29, 1.82) is 0 Å². The smallest absolute Gasteiger partial charge is 0.0194 e. The van der Waals surface area contributed by atoms with Crippen molar-refractivity contribution in [3.8, 4) is 11.1 Å². The third-order valence-corrected chi connectivity index (χ3v) is 12.1. The van der Waals surface area contributed by atoms with Gasteiger partial charge in [0.1, 0.15) is 0 Å². The van der Waals surface area contributed by atoms with E-state index in [0.29, 0.717) is 0 Å². The minimum absolute atomic E-state index is 0.0159. The molecule has 0 radical (unpaired) electrons. The molecule has 0 unspecified atom stereocenters. The summed E-state index contributed by atoms with van der Waals surface area (Å²) < 4.78 is 0. The van der Waals surface area contributed by atoms with E-state index < -0.39 is 0 Å². The molecule has 3 aromatic rings. The first-order chi connectivity index (χ1) is 21.2.